The maximum absolute atomic E-state index is 3.67. The zero-order valence-electron chi connectivity index (χ0n) is 11.0. The van der Waals surface area contributed by atoms with Gasteiger partial charge in [0.15, 0.2) is 0 Å². The Morgan fingerprint density at radius 3 is 2.47 bits per heavy atom. The van der Waals surface area contributed by atoms with Crippen LogP contribution in [0.25, 0.3) is 0 Å². The van der Waals surface area contributed by atoms with E-state index in [9.17, 15) is 0 Å². The molecule has 1 aliphatic carbocycles. The van der Waals surface area contributed by atoms with Gasteiger partial charge in [-0.15, -0.1) is 0 Å². The maximum Gasteiger partial charge on any atom is 0.0343 e. The molecule has 1 N–H and O–H groups in total. The summed E-state index contributed by atoms with van der Waals surface area (Å²) in [4.78, 5) is 0. The number of halogens is 1. The lowest BCUT2D eigenvalue weighted by Crippen LogP contribution is -2.36. The molecule has 17 heavy (non-hydrogen) atoms. The van der Waals surface area contributed by atoms with E-state index in [1.165, 1.54) is 24.9 Å². The van der Waals surface area contributed by atoms with Crippen molar-refractivity contribution in [2.24, 2.45) is 11.3 Å². The van der Waals surface area contributed by atoms with Crippen molar-refractivity contribution in [3.63, 3.8) is 0 Å². The fraction of sp³-hybridized carbons (Fsp3) is 0.600. The van der Waals surface area contributed by atoms with Crippen molar-refractivity contribution in [2.45, 2.75) is 46.1 Å². The van der Waals surface area contributed by atoms with Gasteiger partial charge < -0.3 is 5.32 Å². The zero-order valence-corrected chi connectivity index (χ0v) is 12.5. The van der Waals surface area contributed by atoms with E-state index < -0.39 is 0 Å². The molecule has 0 spiro atoms. The molecule has 0 radical (unpaired) electrons. The van der Waals surface area contributed by atoms with Crippen LogP contribution >= 0.6 is 15.9 Å². The second-order valence-electron chi connectivity index (χ2n) is 6.14. The van der Waals surface area contributed by atoms with E-state index in [-0.39, 0.29) is 0 Å². The summed E-state index contributed by atoms with van der Waals surface area (Å²) in [5, 5.41) is 3.67. The van der Waals surface area contributed by atoms with E-state index in [1.807, 2.05) is 0 Å². The minimum atomic E-state index is 0.525. The summed E-state index contributed by atoms with van der Waals surface area (Å²) in [5.41, 5.74) is 1.77. The first-order valence-electron chi connectivity index (χ1n) is 6.48. The third-order valence-electron chi connectivity index (χ3n) is 3.89. The molecular weight excluding hydrogens is 274 g/mol. The predicted molar refractivity (Wildman–Crippen MR) is 78.3 cm³/mol. The summed E-state index contributed by atoms with van der Waals surface area (Å²) < 4.78 is 1.14. The highest BCUT2D eigenvalue weighted by atomic mass is 79.9. The van der Waals surface area contributed by atoms with Gasteiger partial charge >= 0.3 is 0 Å². The highest BCUT2D eigenvalue weighted by Gasteiger charge is 2.32. The van der Waals surface area contributed by atoms with Gasteiger partial charge in [0.2, 0.25) is 0 Å². The number of hydrogen-bond donors (Lipinski definition) is 1. The third kappa shape index (κ3) is 3.48. The quantitative estimate of drug-likeness (QED) is 0.803. The van der Waals surface area contributed by atoms with Crippen molar-refractivity contribution < 1.29 is 0 Å². The van der Waals surface area contributed by atoms with Crippen molar-refractivity contribution in [3.05, 3.63) is 28.7 Å². The Hall–Kier alpha value is -0.500. The topological polar surface area (TPSA) is 12.0 Å². The summed E-state index contributed by atoms with van der Waals surface area (Å²) in [5.74, 6) is 0.752. The Kier molecular flexibility index (Phi) is 3.82. The number of rotatable bonds is 2. The first-order chi connectivity index (χ1) is 7.96. The summed E-state index contributed by atoms with van der Waals surface area (Å²) in [6, 6.07) is 9.12. The molecule has 0 amide bonds. The van der Waals surface area contributed by atoms with Crippen molar-refractivity contribution in [2.75, 3.05) is 5.32 Å². The SMILES string of the molecule is CC1CC(C)(C)CCC1Nc1ccc(Br)cc1. The van der Waals surface area contributed by atoms with E-state index in [4.69, 9.17) is 0 Å². The van der Waals surface area contributed by atoms with Crippen LogP contribution in [0.1, 0.15) is 40.0 Å². The second kappa shape index (κ2) is 5.01. The smallest absolute Gasteiger partial charge is 0.0343 e. The molecule has 0 bridgehead atoms. The van der Waals surface area contributed by atoms with Gasteiger partial charge in [0.25, 0.3) is 0 Å². The van der Waals surface area contributed by atoms with E-state index >= 15 is 0 Å². The third-order valence-corrected chi connectivity index (χ3v) is 4.42. The van der Waals surface area contributed by atoms with Crippen molar-refractivity contribution in [1.29, 1.82) is 0 Å². The molecule has 2 rings (SSSR count). The average Bonchev–Trinajstić information content (AvgIpc) is 2.24. The molecule has 0 aromatic heterocycles. The van der Waals surface area contributed by atoms with Gasteiger partial charge in [-0.1, -0.05) is 36.7 Å². The van der Waals surface area contributed by atoms with Crippen LogP contribution in [-0.2, 0) is 0 Å². The van der Waals surface area contributed by atoms with Gasteiger partial charge in [0.1, 0.15) is 0 Å². The summed E-state index contributed by atoms with van der Waals surface area (Å²) in [6.07, 6.45) is 3.93. The molecule has 1 saturated carbocycles. The molecule has 0 saturated heterocycles. The molecule has 1 aromatic rings. The van der Waals surface area contributed by atoms with Crippen LogP contribution in [0.15, 0.2) is 28.7 Å². The van der Waals surface area contributed by atoms with Gasteiger partial charge in [-0.25, -0.2) is 0 Å². The van der Waals surface area contributed by atoms with Crippen LogP contribution in [0, 0.1) is 11.3 Å². The van der Waals surface area contributed by atoms with Gasteiger partial charge in [-0.3, -0.25) is 0 Å². The molecule has 0 heterocycles. The Labute approximate surface area is 113 Å². The molecule has 0 aliphatic heterocycles. The van der Waals surface area contributed by atoms with Gasteiger partial charge in [-0.2, -0.15) is 0 Å². The number of hydrogen-bond acceptors (Lipinski definition) is 1. The largest absolute Gasteiger partial charge is 0.382 e. The number of nitrogens with one attached hydrogen (secondary N) is 1. The normalized spacial score (nSPS) is 27.8. The number of benzene rings is 1. The van der Waals surface area contributed by atoms with Crippen molar-refractivity contribution >= 4 is 21.6 Å². The fourth-order valence-electron chi connectivity index (χ4n) is 2.92. The fourth-order valence-corrected chi connectivity index (χ4v) is 3.19. The highest BCUT2D eigenvalue weighted by Crippen LogP contribution is 2.39. The van der Waals surface area contributed by atoms with Gasteiger partial charge in [0.05, 0.1) is 0 Å². The van der Waals surface area contributed by atoms with Crippen LogP contribution in [-0.4, -0.2) is 6.04 Å². The van der Waals surface area contributed by atoms with Crippen molar-refractivity contribution in [1.82, 2.24) is 0 Å². The van der Waals surface area contributed by atoms with Crippen molar-refractivity contribution in [3.8, 4) is 0 Å². The Bertz CT molecular complexity index is 369. The van der Waals surface area contributed by atoms with Gasteiger partial charge in [-0.05, 0) is 54.9 Å². The molecule has 1 aliphatic rings. The summed E-state index contributed by atoms with van der Waals surface area (Å²) in [6.45, 7) is 7.15. The molecule has 2 heteroatoms. The monoisotopic (exact) mass is 295 g/mol. The minimum Gasteiger partial charge on any atom is -0.382 e. The standard InChI is InChI=1S/C15H22BrN/c1-11-10-15(2,3)9-8-14(11)17-13-6-4-12(16)5-7-13/h4-7,11,14,17H,8-10H2,1-3H3. The molecule has 2 atom stereocenters. The lowest BCUT2D eigenvalue weighted by atomic mass is 9.70. The summed E-state index contributed by atoms with van der Waals surface area (Å²) in [7, 11) is 0. The van der Waals surface area contributed by atoms with E-state index in [0.717, 1.165) is 10.4 Å². The lowest BCUT2D eigenvalue weighted by molar-refractivity contribution is 0.177. The first-order valence-corrected chi connectivity index (χ1v) is 7.28. The molecule has 94 valence electrons. The Morgan fingerprint density at radius 1 is 1.24 bits per heavy atom. The van der Waals surface area contributed by atoms with Crippen LogP contribution in [0.4, 0.5) is 5.69 Å². The zero-order chi connectivity index (χ0) is 12.5. The molecule has 1 aromatic carbocycles. The van der Waals surface area contributed by atoms with Gasteiger partial charge in [0, 0.05) is 16.2 Å². The summed E-state index contributed by atoms with van der Waals surface area (Å²) >= 11 is 3.47. The van der Waals surface area contributed by atoms with E-state index in [2.05, 4.69) is 66.3 Å². The molecule has 2 unspecified atom stereocenters. The predicted octanol–water partition coefficient (Wildman–Crippen LogP) is 5.08. The molecule has 1 nitrogen and oxygen atoms in total. The van der Waals surface area contributed by atoms with Crippen LogP contribution < -0.4 is 5.32 Å². The van der Waals surface area contributed by atoms with E-state index in [1.54, 1.807) is 0 Å². The Morgan fingerprint density at radius 2 is 1.88 bits per heavy atom. The minimum absolute atomic E-state index is 0.525. The lowest BCUT2D eigenvalue weighted by Gasteiger charge is -2.40. The molecule has 1 fully saturated rings. The van der Waals surface area contributed by atoms with Crippen LogP contribution in [0.3, 0.4) is 0 Å². The second-order valence-corrected chi connectivity index (χ2v) is 7.06. The maximum atomic E-state index is 3.67. The molecular formula is C15H22BrN. The highest BCUT2D eigenvalue weighted by molar-refractivity contribution is 9.10. The first kappa shape index (κ1) is 12.9. The Balaban J connectivity index is 1.98. The number of anilines is 1. The van der Waals surface area contributed by atoms with Crippen LogP contribution in [0.5, 0.6) is 0 Å². The van der Waals surface area contributed by atoms with E-state index in [0.29, 0.717) is 11.5 Å². The average molecular weight is 296 g/mol. The van der Waals surface area contributed by atoms with Crippen LogP contribution in [0.2, 0.25) is 0 Å².